The number of aldehydes is 1. The van der Waals surface area contributed by atoms with Gasteiger partial charge in [-0.25, -0.2) is 4.39 Å². The highest BCUT2D eigenvalue weighted by atomic mass is 19.1. The molecule has 0 aliphatic heterocycles. The van der Waals surface area contributed by atoms with Gasteiger partial charge < -0.3 is 4.90 Å². The number of carbonyl (C=O) groups is 1. The molecule has 0 unspecified atom stereocenters. The zero-order chi connectivity index (χ0) is 13.3. The number of carbonyl (C=O) groups excluding carboxylic acids is 1. The summed E-state index contributed by atoms with van der Waals surface area (Å²) in [5.74, 6) is 0.332. The van der Waals surface area contributed by atoms with Crippen molar-refractivity contribution in [3.05, 3.63) is 41.3 Å². The van der Waals surface area contributed by atoms with Gasteiger partial charge in [0.1, 0.15) is 11.6 Å². The molecule has 1 heterocycles. The smallest absolute Gasteiger partial charge is 0.155 e. The number of nitrogens with zero attached hydrogens (tertiary/aromatic N) is 3. The minimum atomic E-state index is -0.314. The molecule has 0 aliphatic carbocycles. The van der Waals surface area contributed by atoms with Crippen molar-refractivity contribution in [2.45, 2.75) is 6.92 Å². The minimum Gasteiger partial charge on any atom is -0.329 e. The quantitative estimate of drug-likeness (QED) is 0.782. The number of rotatable bonds is 3. The van der Waals surface area contributed by atoms with Gasteiger partial charge in [0.05, 0.1) is 11.3 Å². The molecule has 94 valence electrons. The summed E-state index contributed by atoms with van der Waals surface area (Å²) in [4.78, 5) is 12.9. The summed E-state index contributed by atoms with van der Waals surface area (Å²) < 4.78 is 14.8. The van der Waals surface area contributed by atoms with Gasteiger partial charge >= 0.3 is 0 Å². The van der Waals surface area contributed by atoms with Gasteiger partial charge in [-0.05, 0) is 25.1 Å². The van der Waals surface area contributed by atoms with E-state index in [1.54, 1.807) is 42.7 Å². The first-order valence-corrected chi connectivity index (χ1v) is 5.52. The predicted octanol–water partition coefficient (Wildman–Crippen LogP) is 2.45. The molecule has 1 aromatic carbocycles. The summed E-state index contributed by atoms with van der Waals surface area (Å²) in [6.07, 6.45) is 0.771. The molecule has 0 saturated carbocycles. The maximum absolute atomic E-state index is 13.2. The van der Waals surface area contributed by atoms with Gasteiger partial charge in [-0.3, -0.25) is 9.48 Å². The first kappa shape index (κ1) is 12.3. The van der Waals surface area contributed by atoms with Gasteiger partial charge in [0, 0.05) is 19.8 Å². The molecule has 0 aliphatic rings. The van der Waals surface area contributed by atoms with Crippen molar-refractivity contribution >= 4 is 17.8 Å². The molecule has 0 amide bonds. The first-order chi connectivity index (χ1) is 8.54. The highest BCUT2D eigenvalue weighted by molar-refractivity contribution is 5.86. The summed E-state index contributed by atoms with van der Waals surface area (Å²) in [5, 5.41) is 4.20. The number of hydrogen-bond acceptors (Lipinski definition) is 3. The second kappa shape index (κ2) is 4.60. The standard InChI is InChI=1S/C13H14FN3O/c1-9-12(8-18)13(17(3)15-9)16(2)11-6-4-5-10(14)7-11/h4-8H,1-3H3. The van der Waals surface area contributed by atoms with Crippen molar-refractivity contribution in [2.24, 2.45) is 7.05 Å². The molecule has 0 saturated heterocycles. The van der Waals surface area contributed by atoms with E-state index in [1.165, 1.54) is 12.1 Å². The fourth-order valence-corrected chi connectivity index (χ4v) is 2.01. The van der Waals surface area contributed by atoms with Crippen LogP contribution in [0.25, 0.3) is 0 Å². The van der Waals surface area contributed by atoms with Crippen LogP contribution in [0.5, 0.6) is 0 Å². The summed E-state index contributed by atoms with van der Waals surface area (Å²) in [5.41, 5.74) is 1.84. The van der Waals surface area contributed by atoms with Gasteiger partial charge in [-0.15, -0.1) is 0 Å². The highest BCUT2D eigenvalue weighted by Gasteiger charge is 2.17. The Bertz CT molecular complexity index is 592. The van der Waals surface area contributed by atoms with Crippen LogP contribution in [0.3, 0.4) is 0 Å². The van der Waals surface area contributed by atoms with E-state index in [1.807, 2.05) is 0 Å². The molecule has 0 atom stereocenters. The van der Waals surface area contributed by atoms with Crippen LogP contribution in [0.15, 0.2) is 24.3 Å². The molecule has 2 aromatic rings. The summed E-state index contributed by atoms with van der Waals surface area (Å²) >= 11 is 0. The number of hydrogen-bond donors (Lipinski definition) is 0. The van der Waals surface area contributed by atoms with E-state index in [0.29, 0.717) is 22.8 Å². The van der Waals surface area contributed by atoms with Gasteiger partial charge in [0.2, 0.25) is 0 Å². The molecule has 0 bridgehead atoms. The van der Waals surface area contributed by atoms with Crippen LogP contribution in [0.1, 0.15) is 16.1 Å². The van der Waals surface area contributed by atoms with Gasteiger partial charge in [0.15, 0.2) is 6.29 Å². The van der Waals surface area contributed by atoms with Gasteiger partial charge in [-0.2, -0.15) is 5.10 Å². The van der Waals surface area contributed by atoms with Crippen LogP contribution in [0, 0.1) is 12.7 Å². The molecule has 2 rings (SSSR count). The number of aromatic nitrogens is 2. The normalized spacial score (nSPS) is 10.4. The van der Waals surface area contributed by atoms with E-state index in [9.17, 15) is 9.18 Å². The molecule has 0 spiro atoms. The zero-order valence-electron chi connectivity index (χ0n) is 10.5. The van der Waals surface area contributed by atoms with E-state index in [-0.39, 0.29) is 5.82 Å². The Morgan fingerprint density at radius 1 is 1.44 bits per heavy atom. The molecular formula is C13H14FN3O. The Morgan fingerprint density at radius 2 is 2.17 bits per heavy atom. The Labute approximate surface area is 105 Å². The van der Waals surface area contributed by atoms with Gasteiger partial charge in [-0.1, -0.05) is 6.07 Å². The lowest BCUT2D eigenvalue weighted by Gasteiger charge is -2.20. The summed E-state index contributed by atoms with van der Waals surface area (Å²) in [6, 6.07) is 6.20. The van der Waals surface area contributed by atoms with E-state index in [2.05, 4.69) is 5.10 Å². The molecule has 0 N–H and O–H groups in total. The molecule has 4 nitrogen and oxygen atoms in total. The van der Waals surface area contributed by atoms with E-state index < -0.39 is 0 Å². The molecule has 1 aromatic heterocycles. The molecule has 0 fully saturated rings. The summed E-state index contributed by atoms with van der Waals surface area (Å²) in [7, 11) is 3.53. The Balaban J connectivity index is 2.52. The van der Waals surface area contributed by atoms with E-state index in [0.717, 1.165) is 6.29 Å². The zero-order valence-corrected chi connectivity index (χ0v) is 10.5. The Morgan fingerprint density at radius 3 is 2.78 bits per heavy atom. The second-order valence-corrected chi connectivity index (χ2v) is 4.10. The van der Waals surface area contributed by atoms with Crippen LogP contribution >= 0.6 is 0 Å². The minimum absolute atomic E-state index is 0.314. The predicted molar refractivity (Wildman–Crippen MR) is 67.8 cm³/mol. The second-order valence-electron chi connectivity index (χ2n) is 4.10. The molecular weight excluding hydrogens is 233 g/mol. The lowest BCUT2D eigenvalue weighted by atomic mass is 10.2. The van der Waals surface area contributed by atoms with Crippen LogP contribution < -0.4 is 4.90 Å². The fraction of sp³-hybridized carbons (Fsp3) is 0.231. The monoisotopic (exact) mass is 247 g/mol. The Hall–Kier alpha value is -2.17. The van der Waals surface area contributed by atoms with Crippen molar-refractivity contribution in [3.8, 4) is 0 Å². The van der Waals surface area contributed by atoms with Gasteiger partial charge in [0.25, 0.3) is 0 Å². The van der Waals surface area contributed by atoms with Crippen molar-refractivity contribution in [2.75, 3.05) is 11.9 Å². The van der Waals surface area contributed by atoms with E-state index >= 15 is 0 Å². The lowest BCUT2D eigenvalue weighted by molar-refractivity contribution is 0.112. The molecule has 18 heavy (non-hydrogen) atoms. The average Bonchev–Trinajstić information content (AvgIpc) is 2.62. The van der Waals surface area contributed by atoms with Crippen LogP contribution in [-0.2, 0) is 7.05 Å². The maximum atomic E-state index is 13.2. The third-order valence-corrected chi connectivity index (χ3v) is 2.87. The van der Waals surface area contributed by atoms with Crippen molar-refractivity contribution < 1.29 is 9.18 Å². The molecule has 0 radical (unpaired) electrons. The van der Waals surface area contributed by atoms with Crippen LogP contribution in [-0.4, -0.2) is 23.1 Å². The highest BCUT2D eigenvalue weighted by Crippen LogP contribution is 2.27. The summed E-state index contributed by atoms with van der Waals surface area (Å²) in [6.45, 7) is 1.77. The number of anilines is 2. The number of halogens is 1. The first-order valence-electron chi connectivity index (χ1n) is 5.52. The van der Waals surface area contributed by atoms with Crippen molar-refractivity contribution in [1.29, 1.82) is 0 Å². The average molecular weight is 247 g/mol. The fourth-order valence-electron chi connectivity index (χ4n) is 2.01. The number of aryl methyl sites for hydroxylation is 2. The largest absolute Gasteiger partial charge is 0.329 e. The lowest BCUT2D eigenvalue weighted by Crippen LogP contribution is -2.15. The maximum Gasteiger partial charge on any atom is 0.155 e. The third-order valence-electron chi connectivity index (χ3n) is 2.87. The van der Waals surface area contributed by atoms with Crippen LogP contribution in [0.4, 0.5) is 15.9 Å². The number of benzene rings is 1. The SMILES string of the molecule is Cc1nn(C)c(N(C)c2cccc(F)c2)c1C=O. The van der Waals surface area contributed by atoms with Crippen molar-refractivity contribution in [3.63, 3.8) is 0 Å². The topological polar surface area (TPSA) is 38.1 Å². The van der Waals surface area contributed by atoms with Crippen molar-refractivity contribution in [1.82, 2.24) is 9.78 Å². The Kier molecular flexibility index (Phi) is 3.14. The third kappa shape index (κ3) is 1.99. The van der Waals surface area contributed by atoms with Crippen LogP contribution in [0.2, 0.25) is 0 Å². The van der Waals surface area contributed by atoms with E-state index in [4.69, 9.17) is 0 Å². The molecule has 5 heteroatoms.